The molecule has 5 nitrogen and oxygen atoms in total. The van der Waals surface area contributed by atoms with Gasteiger partial charge in [-0.3, -0.25) is 4.79 Å². The number of allylic oxidation sites excluding steroid dienone is 1. The second-order valence-electron chi connectivity index (χ2n) is 8.28. The van der Waals surface area contributed by atoms with Crippen LogP contribution in [0.4, 0.5) is 0 Å². The average Bonchev–Trinajstić information content (AvgIpc) is 3.46. The molecule has 4 rings (SSSR count). The number of carbonyl (C=O) groups is 1. The first-order chi connectivity index (χ1) is 15.3. The normalized spacial score (nSPS) is 14.2. The minimum absolute atomic E-state index is 0.115. The van der Waals surface area contributed by atoms with E-state index in [1.54, 1.807) is 11.0 Å². The minimum atomic E-state index is 0.115. The monoisotopic (exact) mass is 435 g/mol. The van der Waals surface area contributed by atoms with Crippen LogP contribution in [0.15, 0.2) is 43.0 Å². The molecule has 0 spiro atoms. The number of benzene rings is 2. The number of hydrogen-bond donors (Lipinski definition) is 2. The van der Waals surface area contributed by atoms with Crippen molar-refractivity contribution in [3.05, 3.63) is 81.9 Å². The van der Waals surface area contributed by atoms with Gasteiger partial charge in [0, 0.05) is 32.4 Å². The number of nitrogens with zero attached hydrogens (tertiary/aromatic N) is 1. The van der Waals surface area contributed by atoms with Crippen molar-refractivity contribution < 1.29 is 9.53 Å². The summed E-state index contributed by atoms with van der Waals surface area (Å²) in [7, 11) is 5.60. The predicted molar refractivity (Wildman–Crippen MR) is 133 cm³/mol. The first-order valence-corrected chi connectivity index (χ1v) is 11.2. The fourth-order valence-electron chi connectivity index (χ4n) is 3.78. The van der Waals surface area contributed by atoms with Crippen molar-refractivity contribution in [3.8, 4) is 0 Å². The highest BCUT2D eigenvalue weighted by molar-refractivity contribution is 6.06. The van der Waals surface area contributed by atoms with Gasteiger partial charge in [0.1, 0.15) is 0 Å². The van der Waals surface area contributed by atoms with Crippen LogP contribution in [-0.2, 0) is 17.7 Å². The molecular weight excluding hydrogens is 398 g/mol. The lowest BCUT2D eigenvalue weighted by molar-refractivity contribution is 0.0816. The molecule has 2 aromatic carbocycles. The zero-order valence-electron chi connectivity index (χ0n) is 20.2. The van der Waals surface area contributed by atoms with Crippen LogP contribution >= 0.6 is 0 Å². The van der Waals surface area contributed by atoms with E-state index in [1.165, 1.54) is 40.7 Å². The van der Waals surface area contributed by atoms with E-state index in [0.717, 1.165) is 30.8 Å². The zero-order chi connectivity index (χ0) is 23.7. The Balaban J connectivity index is 0.000000385. The number of fused-ring (bicyclic) bond motifs is 1. The van der Waals surface area contributed by atoms with Crippen LogP contribution < -0.4 is 5.32 Å². The van der Waals surface area contributed by atoms with E-state index < -0.39 is 0 Å². The van der Waals surface area contributed by atoms with Crippen LogP contribution in [0.3, 0.4) is 0 Å². The van der Waals surface area contributed by atoms with Crippen LogP contribution in [0.5, 0.6) is 0 Å². The van der Waals surface area contributed by atoms with Gasteiger partial charge in [-0.15, -0.1) is 0 Å². The van der Waals surface area contributed by atoms with E-state index in [0.29, 0.717) is 12.3 Å². The molecule has 2 aromatic rings. The van der Waals surface area contributed by atoms with Crippen molar-refractivity contribution in [1.82, 2.24) is 10.2 Å². The molecule has 2 aliphatic heterocycles. The van der Waals surface area contributed by atoms with Crippen molar-refractivity contribution in [1.29, 1.82) is 5.41 Å². The SMILES string of the molecule is C1CCOC1.C=CC(=N)c1ccc(Cc2cc3c(c(C)c2C)CN(C)C3=O)cc1.CNC. The number of ether oxygens (including phenoxy) is 1. The fraction of sp³-hybridized carbons (Fsp3) is 0.407. The first-order valence-electron chi connectivity index (χ1n) is 11.2. The van der Waals surface area contributed by atoms with Crippen LogP contribution in [0.1, 0.15) is 56.6 Å². The molecule has 1 amide bonds. The summed E-state index contributed by atoms with van der Waals surface area (Å²) in [5.41, 5.74) is 8.18. The summed E-state index contributed by atoms with van der Waals surface area (Å²) in [6.07, 6.45) is 4.89. The van der Waals surface area contributed by atoms with Gasteiger partial charge in [-0.2, -0.15) is 0 Å². The Bertz CT molecular complexity index is 937. The minimum Gasteiger partial charge on any atom is -0.381 e. The maximum atomic E-state index is 12.3. The fourth-order valence-corrected chi connectivity index (χ4v) is 3.78. The van der Waals surface area contributed by atoms with E-state index in [1.807, 2.05) is 45.4 Å². The van der Waals surface area contributed by atoms with Crippen LogP contribution in [-0.4, -0.2) is 50.9 Å². The Morgan fingerprint density at radius 3 is 2.25 bits per heavy atom. The molecule has 2 N–H and O–H groups in total. The molecule has 0 bridgehead atoms. The van der Waals surface area contributed by atoms with E-state index in [-0.39, 0.29) is 5.91 Å². The quantitative estimate of drug-likeness (QED) is 0.686. The predicted octanol–water partition coefficient (Wildman–Crippen LogP) is 4.67. The molecule has 2 aliphatic rings. The zero-order valence-corrected chi connectivity index (χ0v) is 20.2. The molecular formula is C27H37N3O2. The summed E-state index contributed by atoms with van der Waals surface area (Å²) in [4.78, 5) is 14.1. The molecule has 172 valence electrons. The Morgan fingerprint density at radius 2 is 1.75 bits per heavy atom. The number of nitrogens with one attached hydrogen (secondary N) is 2. The molecule has 1 saturated heterocycles. The molecule has 0 saturated carbocycles. The second kappa shape index (κ2) is 12.3. The molecule has 0 aromatic heterocycles. The first kappa shape index (κ1) is 25.5. The largest absolute Gasteiger partial charge is 0.381 e. The average molecular weight is 436 g/mol. The number of hydrogen-bond acceptors (Lipinski definition) is 4. The molecule has 0 unspecified atom stereocenters. The van der Waals surface area contributed by atoms with Gasteiger partial charge in [0.2, 0.25) is 0 Å². The second-order valence-corrected chi connectivity index (χ2v) is 8.28. The standard InChI is InChI=1S/C21H22N2O.C4H8O.C2H7N/c1-5-20(22)16-8-6-15(7-9-16)10-17-11-18-19(14(3)13(17)2)12-23(4)21(18)24;1-2-4-5-3-1;1-3-2/h5-9,11,22H,1,10,12H2,2-4H3;1-4H2;3H,1-2H3. The van der Waals surface area contributed by atoms with Gasteiger partial charge in [0.15, 0.2) is 0 Å². The Morgan fingerprint density at radius 1 is 1.16 bits per heavy atom. The molecule has 1 fully saturated rings. The van der Waals surface area contributed by atoms with Gasteiger partial charge in [-0.05, 0) is 92.7 Å². The highest BCUT2D eigenvalue weighted by atomic mass is 16.5. The molecule has 2 heterocycles. The van der Waals surface area contributed by atoms with E-state index in [4.69, 9.17) is 10.1 Å². The molecule has 0 radical (unpaired) electrons. The lowest BCUT2D eigenvalue weighted by Gasteiger charge is -2.13. The Kier molecular flexibility index (Phi) is 9.82. The molecule has 0 atom stereocenters. The summed E-state index contributed by atoms with van der Waals surface area (Å²) in [5, 5.41) is 10.5. The highest BCUT2D eigenvalue weighted by Crippen LogP contribution is 2.30. The summed E-state index contributed by atoms with van der Waals surface area (Å²) in [5.74, 6) is 0.115. The van der Waals surface area contributed by atoms with Gasteiger partial charge >= 0.3 is 0 Å². The molecule has 32 heavy (non-hydrogen) atoms. The third kappa shape index (κ3) is 6.38. The maximum absolute atomic E-state index is 12.3. The van der Waals surface area contributed by atoms with Gasteiger partial charge < -0.3 is 20.4 Å². The van der Waals surface area contributed by atoms with E-state index >= 15 is 0 Å². The summed E-state index contributed by atoms with van der Waals surface area (Å²) in [6, 6.07) is 10.1. The van der Waals surface area contributed by atoms with Gasteiger partial charge in [0.25, 0.3) is 5.91 Å². The number of rotatable bonds is 4. The van der Waals surface area contributed by atoms with E-state index in [9.17, 15) is 4.79 Å². The third-order valence-corrected chi connectivity index (χ3v) is 5.80. The van der Waals surface area contributed by atoms with Crippen LogP contribution in [0, 0.1) is 19.3 Å². The lowest BCUT2D eigenvalue weighted by atomic mass is 9.91. The van der Waals surface area contributed by atoms with Crippen molar-refractivity contribution in [3.63, 3.8) is 0 Å². The highest BCUT2D eigenvalue weighted by Gasteiger charge is 2.27. The summed E-state index contributed by atoms with van der Waals surface area (Å²) < 4.78 is 4.94. The number of carbonyl (C=O) groups excluding carboxylic acids is 1. The van der Waals surface area contributed by atoms with Crippen LogP contribution in [0.2, 0.25) is 0 Å². The summed E-state index contributed by atoms with van der Waals surface area (Å²) in [6.45, 7) is 10.6. The van der Waals surface area contributed by atoms with Crippen molar-refractivity contribution >= 4 is 11.6 Å². The third-order valence-electron chi connectivity index (χ3n) is 5.80. The topological polar surface area (TPSA) is 65.4 Å². The van der Waals surface area contributed by atoms with Gasteiger partial charge in [-0.1, -0.05) is 30.8 Å². The Labute approximate surface area is 193 Å². The van der Waals surface area contributed by atoms with E-state index in [2.05, 4.69) is 31.8 Å². The molecule has 5 heteroatoms. The maximum Gasteiger partial charge on any atom is 0.254 e. The van der Waals surface area contributed by atoms with Gasteiger partial charge in [-0.25, -0.2) is 0 Å². The van der Waals surface area contributed by atoms with Crippen molar-refractivity contribution in [2.24, 2.45) is 0 Å². The molecule has 0 aliphatic carbocycles. The van der Waals surface area contributed by atoms with Gasteiger partial charge in [0.05, 0.1) is 5.71 Å². The number of amides is 1. The summed E-state index contributed by atoms with van der Waals surface area (Å²) >= 11 is 0. The Hall–Kier alpha value is -2.76. The lowest BCUT2D eigenvalue weighted by Crippen LogP contribution is -2.17. The van der Waals surface area contributed by atoms with Crippen molar-refractivity contribution in [2.75, 3.05) is 34.4 Å². The van der Waals surface area contributed by atoms with Crippen molar-refractivity contribution in [2.45, 2.75) is 39.7 Å². The van der Waals surface area contributed by atoms with Crippen LogP contribution in [0.25, 0.3) is 0 Å². The smallest absolute Gasteiger partial charge is 0.254 e.